The third-order valence-electron chi connectivity index (χ3n) is 3.72. The first-order chi connectivity index (χ1) is 9.72. The molecule has 0 amide bonds. The molecule has 1 saturated carbocycles. The molecule has 20 heavy (non-hydrogen) atoms. The predicted molar refractivity (Wildman–Crippen MR) is 81.8 cm³/mol. The Labute approximate surface area is 126 Å². The Morgan fingerprint density at radius 1 is 1.00 bits per heavy atom. The lowest BCUT2D eigenvalue weighted by Gasteiger charge is -2.35. The summed E-state index contributed by atoms with van der Waals surface area (Å²) >= 11 is 3.44. The van der Waals surface area contributed by atoms with E-state index in [9.17, 15) is 4.79 Å². The van der Waals surface area contributed by atoms with E-state index in [0.29, 0.717) is 11.5 Å². The van der Waals surface area contributed by atoms with Gasteiger partial charge in [-0.25, -0.2) is 4.79 Å². The van der Waals surface area contributed by atoms with E-state index in [1.165, 1.54) is 5.56 Å². The molecule has 0 spiro atoms. The van der Waals surface area contributed by atoms with Crippen molar-refractivity contribution in [1.29, 1.82) is 0 Å². The summed E-state index contributed by atoms with van der Waals surface area (Å²) in [5, 5.41) is 0. The molecule has 2 nitrogen and oxygen atoms in total. The topological polar surface area (TPSA) is 26.3 Å². The SMILES string of the molecule is O=C(OC1CC(c2ccc(Br)cc2)C1)c1ccccc1. The maximum Gasteiger partial charge on any atom is 0.338 e. The molecule has 0 N–H and O–H groups in total. The summed E-state index contributed by atoms with van der Waals surface area (Å²) in [6, 6.07) is 17.5. The van der Waals surface area contributed by atoms with Gasteiger partial charge in [0.2, 0.25) is 0 Å². The predicted octanol–water partition coefficient (Wildman–Crippen LogP) is 4.55. The lowest BCUT2D eigenvalue weighted by molar-refractivity contribution is 0.00210. The van der Waals surface area contributed by atoms with Crippen LogP contribution >= 0.6 is 15.9 Å². The first-order valence-corrected chi connectivity index (χ1v) is 7.53. The van der Waals surface area contributed by atoms with Gasteiger partial charge in [-0.05, 0) is 48.6 Å². The van der Waals surface area contributed by atoms with Gasteiger partial charge in [-0.2, -0.15) is 0 Å². The third-order valence-corrected chi connectivity index (χ3v) is 4.25. The van der Waals surface area contributed by atoms with E-state index < -0.39 is 0 Å². The minimum Gasteiger partial charge on any atom is -0.459 e. The number of esters is 1. The largest absolute Gasteiger partial charge is 0.459 e. The second kappa shape index (κ2) is 5.80. The van der Waals surface area contributed by atoms with Crippen molar-refractivity contribution in [2.75, 3.05) is 0 Å². The van der Waals surface area contributed by atoms with Gasteiger partial charge >= 0.3 is 5.97 Å². The van der Waals surface area contributed by atoms with E-state index in [0.717, 1.165) is 17.3 Å². The molecule has 0 aliphatic heterocycles. The number of hydrogen-bond acceptors (Lipinski definition) is 2. The number of carbonyl (C=O) groups excluding carboxylic acids is 1. The van der Waals surface area contributed by atoms with Gasteiger partial charge in [0.15, 0.2) is 0 Å². The van der Waals surface area contributed by atoms with Crippen molar-refractivity contribution in [2.24, 2.45) is 0 Å². The highest BCUT2D eigenvalue weighted by Crippen LogP contribution is 2.39. The van der Waals surface area contributed by atoms with Crippen molar-refractivity contribution < 1.29 is 9.53 Å². The van der Waals surface area contributed by atoms with Crippen LogP contribution in [0.25, 0.3) is 0 Å². The molecule has 3 rings (SSSR count). The monoisotopic (exact) mass is 330 g/mol. The van der Waals surface area contributed by atoms with Gasteiger partial charge in [0.25, 0.3) is 0 Å². The molecule has 1 fully saturated rings. The number of hydrogen-bond donors (Lipinski definition) is 0. The van der Waals surface area contributed by atoms with E-state index in [2.05, 4.69) is 40.2 Å². The first kappa shape index (κ1) is 13.4. The van der Waals surface area contributed by atoms with Gasteiger partial charge in [-0.3, -0.25) is 0 Å². The molecule has 2 aromatic carbocycles. The molecule has 0 atom stereocenters. The maximum absolute atomic E-state index is 11.9. The van der Waals surface area contributed by atoms with E-state index in [1.807, 2.05) is 18.2 Å². The van der Waals surface area contributed by atoms with Crippen LogP contribution in [0.1, 0.15) is 34.7 Å². The van der Waals surface area contributed by atoms with Gasteiger partial charge in [-0.15, -0.1) is 0 Å². The van der Waals surface area contributed by atoms with Gasteiger partial charge in [0.1, 0.15) is 6.10 Å². The Morgan fingerprint density at radius 2 is 1.65 bits per heavy atom. The zero-order chi connectivity index (χ0) is 13.9. The van der Waals surface area contributed by atoms with Crippen LogP contribution < -0.4 is 0 Å². The van der Waals surface area contributed by atoms with Gasteiger partial charge in [0.05, 0.1) is 5.56 Å². The first-order valence-electron chi connectivity index (χ1n) is 6.74. The summed E-state index contributed by atoms with van der Waals surface area (Å²) in [7, 11) is 0. The zero-order valence-electron chi connectivity index (χ0n) is 11.0. The minimum absolute atomic E-state index is 0.0522. The lowest BCUT2D eigenvalue weighted by atomic mass is 9.77. The number of rotatable bonds is 3. The number of benzene rings is 2. The van der Waals surface area contributed by atoms with Gasteiger partial charge < -0.3 is 4.74 Å². The molecular weight excluding hydrogens is 316 g/mol. The Morgan fingerprint density at radius 3 is 2.30 bits per heavy atom. The normalized spacial score (nSPS) is 21.1. The zero-order valence-corrected chi connectivity index (χ0v) is 12.5. The fourth-order valence-corrected chi connectivity index (χ4v) is 2.73. The second-order valence-corrected chi connectivity index (χ2v) is 6.03. The Balaban J connectivity index is 1.53. The van der Waals surface area contributed by atoms with Crippen molar-refractivity contribution >= 4 is 21.9 Å². The average molecular weight is 331 g/mol. The van der Waals surface area contributed by atoms with E-state index in [4.69, 9.17) is 4.74 Å². The highest BCUT2D eigenvalue weighted by atomic mass is 79.9. The molecular formula is C17H15BrO2. The fraction of sp³-hybridized carbons (Fsp3) is 0.235. The Bertz CT molecular complexity index is 586. The number of ether oxygens (including phenoxy) is 1. The minimum atomic E-state index is -0.218. The van der Waals surface area contributed by atoms with Crippen molar-refractivity contribution in [3.8, 4) is 0 Å². The summed E-state index contributed by atoms with van der Waals surface area (Å²) < 4.78 is 6.59. The molecule has 0 heterocycles. The highest BCUT2D eigenvalue weighted by Gasteiger charge is 2.33. The quantitative estimate of drug-likeness (QED) is 0.771. The molecule has 102 valence electrons. The Hall–Kier alpha value is -1.61. The van der Waals surface area contributed by atoms with Crippen molar-refractivity contribution in [2.45, 2.75) is 24.9 Å². The average Bonchev–Trinajstić information content (AvgIpc) is 2.44. The number of carbonyl (C=O) groups is 1. The van der Waals surface area contributed by atoms with Crippen LogP contribution in [-0.4, -0.2) is 12.1 Å². The van der Waals surface area contributed by atoms with Gasteiger partial charge in [-0.1, -0.05) is 46.3 Å². The van der Waals surface area contributed by atoms with Crippen LogP contribution in [0.3, 0.4) is 0 Å². The second-order valence-electron chi connectivity index (χ2n) is 5.11. The lowest BCUT2D eigenvalue weighted by Crippen LogP contribution is -2.31. The molecule has 0 unspecified atom stereocenters. The van der Waals surface area contributed by atoms with Crippen molar-refractivity contribution in [1.82, 2.24) is 0 Å². The fourth-order valence-electron chi connectivity index (χ4n) is 2.46. The summed E-state index contributed by atoms with van der Waals surface area (Å²) in [5.74, 6) is 0.293. The highest BCUT2D eigenvalue weighted by molar-refractivity contribution is 9.10. The van der Waals surface area contributed by atoms with Crippen LogP contribution in [0.4, 0.5) is 0 Å². The Kier molecular flexibility index (Phi) is 3.88. The van der Waals surface area contributed by atoms with Crippen LogP contribution in [0, 0.1) is 0 Å². The van der Waals surface area contributed by atoms with Crippen molar-refractivity contribution in [3.63, 3.8) is 0 Å². The standard InChI is InChI=1S/C17H15BrO2/c18-15-8-6-12(7-9-15)14-10-16(11-14)20-17(19)13-4-2-1-3-5-13/h1-9,14,16H,10-11H2. The molecule has 0 radical (unpaired) electrons. The van der Waals surface area contributed by atoms with Crippen LogP contribution in [0.15, 0.2) is 59.1 Å². The molecule has 1 aliphatic carbocycles. The molecule has 0 saturated heterocycles. The summed E-state index contributed by atoms with van der Waals surface area (Å²) in [4.78, 5) is 11.9. The molecule has 1 aliphatic rings. The molecule has 0 bridgehead atoms. The third kappa shape index (κ3) is 2.93. The molecule has 2 aromatic rings. The van der Waals surface area contributed by atoms with Crippen LogP contribution in [0.5, 0.6) is 0 Å². The molecule has 3 heteroatoms. The summed E-state index contributed by atoms with van der Waals surface area (Å²) in [6.07, 6.45) is 1.89. The molecule has 0 aromatic heterocycles. The van der Waals surface area contributed by atoms with Crippen molar-refractivity contribution in [3.05, 3.63) is 70.2 Å². The van der Waals surface area contributed by atoms with Crippen LogP contribution in [0.2, 0.25) is 0 Å². The van der Waals surface area contributed by atoms with Crippen LogP contribution in [-0.2, 0) is 4.74 Å². The van der Waals surface area contributed by atoms with E-state index in [1.54, 1.807) is 12.1 Å². The maximum atomic E-state index is 11.9. The van der Waals surface area contributed by atoms with Gasteiger partial charge in [0, 0.05) is 4.47 Å². The van der Waals surface area contributed by atoms with E-state index >= 15 is 0 Å². The smallest absolute Gasteiger partial charge is 0.338 e. The summed E-state index contributed by atoms with van der Waals surface area (Å²) in [6.45, 7) is 0. The number of halogens is 1. The van der Waals surface area contributed by atoms with E-state index in [-0.39, 0.29) is 12.1 Å². The summed E-state index contributed by atoms with van der Waals surface area (Å²) in [5.41, 5.74) is 1.94.